The summed E-state index contributed by atoms with van der Waals surface area (Å²) in [5, 5.41) is 0. The Labute approximate surface area is 110 Å². The lowest BCUT2D eigenvalue weighted by atomic mass is 10.1. The summed E-state index contributed by atoms with van der Waals surface area (Å²) in [6.07, 6.45) is -1.58. The average molecular weight is 329 g/mol. The van der Waals surface area contributed by atoms with Crippen LogP contribution in [0.2, 0.25) is 0 Å². The molecule has 1 aromatic heterocycles. The molecule has 0 aliphatic heterocycles. The topological polar surface area (TPSA) is 39.2 Å². The van der Waals surface area contributed by atoms with Gasteiger partial charge in [0.05, 0.1) is 33.8 Å². The summed E-state index contributed by atoms with van der Waals surface area (Å²) in [5.41, 5.74) is -0.715. The second-order valence-corrected chi connectivity index (χ2v) is 4.12. The fourth-order valence-corrected chi connectivity index (χ4v) is 1.98. The Kier molecular flexibility index (Phi) is 5.27. The van der Waals surface area contributed by atoms with E-state index in [9.17, 15) is 13.6 Å². The minimum absolute atomic E-state index is 0.0204. The molecular weight excluding hydrogens is 319 g/mol. The SMILES string of the molecule is CCOC(=O)c1c(Br)cnc(CCl)c1C(F)F. The van der Waals surface area contributed by atoms with Gasteiger partial charge in [0, 0.05) is 6.20 Å². The summed E-state index contributed by atoms with van der Waals surface area (Å²) in [4.78, 5) is 15.4. The van der Waals surface area contributed by atoms with E-state index in [0.717, 1.165) is 0 Å². The van der Waals surface area contributed by atoms with Crippen molar-refractivity contribution in [3.05, 3.63) is 27.5 Å². The van der Waals surface area contributed by atoms with Crippen molar-refractivity contribution in [2.45, 2.75) is 19.2 Å². The van der Waals surface area contributed by atoms with Gasteiger partial charge in [-0.05, 0) is 22.9 Å². The highest BCUT2D eigenvalue weighted by Gasteiger charge is 2.26. The lowest BCUT2D eigenvalue weighted by Crippen LogP contribution is -2.12. The predicted octanol–water partition coefficient (Wildman–Crippen LogP) is 3.70. The second kappa shape index (κ2) is 6.26. The van der Waals surface area contributed by atoms with Crippen molar-refractivity contribution in [2.75, 3.05) is 6.61 Å². The number of alkyl halides is 3. The molecule has 17 heavy (non-hydrogen) atoms. The molecule has 1 rings (SSSR count). The van der Waals surface area contributed by atoms with Crippen molar-refractivity contribution in [3.63, 3.8) is 0 Å². The van der Waals surface area contributed by atoms with Crippen molar-refractivity contribution in [1.29, 1.82) is 0 Å². The van der Waals surface area contributed by atoms with E-state index >= 15 is 0 Å². The number of hydrogen-bond acceptors (Lipinski definition) is 3. The molecule has 0 amide bonds. The number of hydrogen-bond donors (Lipinski definition) is 0. The smallest absolute Gasteiger partial charge is 0.339 e. The molecule has 7 heteroatoms. The van der Waals surface area contributed by atoms with Gasteiger partial charge in [-0.3, -0.25) is 4.98 Å². The molecule has 0 unspecified atom stereocenters. The molecule has 0 fully saturated rings. The van der Waals surface area contributed by atoms with Gasteiger partial charge in [-0.1, -0.05) is 0 Å². The van der Waals surface area contributed by atoms with Crippen LogP contribution in [0.5, 0.6) is 0 Å². The summed E-state index contributed by atoms with van der Waals surface area (Å²) in [6, 6.07) is 0. The van der Waals surface area contributed by atoms with Crippen molar-refractivity contribution < 1.29 is 18.3 Å². The summed E-state index contributed by atoms with van der Waals surface area (Å²) < 4.78 is 30.7. The Hall–Kier alpha value is -0.750. The molecule has 0 aromatic carbocycles. The molecule has 0 spiro atoms. The molecule has 1 heterocycles. The quantitative estimate of drug-likeness (QED) is 0.625. The Morgan fingerprint density at radius 2 is 2.29 bits per heavy atom. The van der Waals surface area contributed by atoms with Crippen molar-refractivity contribution in [2.24, 2.45) is 0 Å². The zero-order valence-corrected chi connectivity index (χ0v) is 11.2. The molecule has 0 N–H and O–H groups in total. The Bertz CT molecular complexity index is 429. The largest absolute Gasteiger partial charge is 0.462 e. The van der Waals surface area contributed by atoms with Gasteiger partial charge in [0.25, 0.3) is 6.43 Å². The number of esters is 1. The highest BCUT2D eigenvalue weighted by Crippen LogP contribution is 2.31. The summed E-state index contributed by atoms with van der Waals surface area (Å²) in [5.74, 6) is -1.01. The standard InChI is InChI=1S/C10H9BrClF2NO2/c1-2-17-10(16)7-5(11)4-15-6(3-12)8(7)9(13)14/h4,9H,2-3H2,1H3. The molecule has 0 bridgehead atoms. The van der Waals surface area contributed by atoms with E-state index in [2.05, 4.69) is 20.9 Å². The normalized spacial score (nSPS) is 10.7. The van der Waals surface area contributed by atoms with Gasteiger partial charge in [0.2, 0.25) is 0 Å². The first-order valence-corrected chi connectivity index (χ1v) is 6.04. The highest BCUT2D eigenvalue weighted by molar-refractivity contribution is 9.10. The maximum atomic E-state index is 12.9. The second-order valence-electron chi connectivity index (χ2n) is 3.00. The fourth-order valence-electron chi connectivity index (χ4n) is 1.29. The lowest BCUT2D eigenvalue weighted by molar-refractivity contribution is 0.0513. The van der Waals surface area contributed by atoms with E-state index in [1.165, 1.54) is 6.20 Å². The third-order valence-electron chi connectivity index (χ3n) is 1.98. The first kappa shape index (κ1) is 14.3. The molecule has 0 saturated carbocycles. The van der Waals surface area contributed by atoms with Gasteiger partial charge in [-0.2, -0.15) is 0 Å². The zero-order chi connectivity index (χ0) is 13.0. The van der Waals surface area contributed by atoms with Crippen LogP contribution in [0.25, 0.3) is 0 Å². The average Bonchev–Trinajstić information content (AvgIpc) is 2.28. The van der Waals surface area contributed by atoms with Crippen LogP contribution in [0.4, 0.5) is 8.78 Å². The number of rotatable bonds is 4. The maximum Gasteiger partial charge on any atom is 0.339 e. The Morgan fingerprint density at radius 3 is 2.76 bits per heavy atom. The van der Waals surface area contributed by atoms with Gasteiger partial charge < -0.3 is 4.74 Å². The fraction of sp³-hybridized carbons (Fsp3) is 0.400. The predicted molar refractivity (Wildman–Crippen MR) is 62.4 cm³/mol. The van der Waals surface area contributed by atoms with E-state index in [0.29, 0.717) is 0 Å². The molecule has 0 atom stereocenters. The molecule has 3 nitrogen and oxygen atoms in total. The number of ether oxygens (including phenoxy) is 1. The minimum atomic E-state index is -2.84. The van der Waals surface area contributed by atoms with Crippen LogP contribution in [-0.2, 0) is 10.6 Å². The van der Waals surface area contributed by atoms with E-state index in [-0.39, 0.29) is 28.2 Å². The number of nitrogens with zero attached hydrogens (tertiary/aromatic N) is 1. The van der Waals surface area contributed by atoms with E-state index in [4.69, 9.17) is 16.3 Å². The van der Waals surface area contributed by atoms with Crippen LogP contribution in [-0.4, -0.2) is 17.6 Å². The summed E-state index contributed by atoms with van der Waals surface area (Å²) in [7, 11) is 0. The van der Waals surface area contributed by atoms with Crippen LogP contribution in [0.3, 0.4) is 0 Å². The van der Waals surface area contributed by atoms with Gasteiger partial charge in [0.1, 0.15) is 0 Å². The molecule has 1 aromatic rings. The summed E-state index contributed by atoms with van der Waals surface area (Å²) >= 11 is 8.53. The molecule has 94 valence electrons. The van der Waals surface area contributed by atoms with Gasteiger partial charge in [0.15, 0.2) is 0 Å². The third kappa shape index (κ3) is 3.13. The van der Waals surface area contributed by atoms with Gasteiger partial charge in [-0.15, -0.1) is 11.6 Å². The van der Waals surface area contributed by atoms with Gasteiger partial charge >= 0.3 is 5.97 Å². The monoisotopic (exact) mass is 327 g/mol. The van der Waals surface area contributed by atoms with E-state index < -0.39 is 18.0 Å². The molecule has 0 aliphatic rings. The summed E-state index contributed by atoms with van der Waals surface area (Å²) in [6.45, 7) is 1.70. The number of pyridine rings is 1. The molecular formula is C10H9BrClF2NO2. The van der Waals surface area contributed by atoms with Crippen molar-refractivity contribution in [3.8, 4) is 0 Å². The minimum Gasteiger partial charge on any atom is -0.462 e. The first-order chi connectivity index (χ1) is 8.02. The highest BCUT2D eigenvalue weighted by atomic mass is 79.9. The van der Waals surface area contributed by atoms with Crippen LogP contribution >= 0.6 is 27.5 Å². The number of carbonyl (C=O) groups is 1. The van der Waals surface area contributed by atoms with Gasteiger partial charge in [-0.25, -0.2) is 13.6 Å². The zero-order valence-electron chi connectivity index (χ0n) is 8.84. The van der Waals surface area contributed by atoms with Crippen LogP contribution < -0.4 is 0 Å². The Balaban J connectivity index is 3.38. The lowest BCUT2D eigenvalue weighted by Gasteiger charge is -2.12. The first-order valence-electron chi connectivity index (χ1n) is 4.71. The number of carbonyl (C=O) groups excluding carboxylic acids is 1. The van der Waals surface area contributed by atoms with Crippen molar-refractivity contribution in [1.82, 2.24) is 4.98 Å². The molecule has 0 saturated heterocycles. The number of aromatic nitrogens is 1. The molecule has 0 aliphatic carbocycles. The van der Waals surface area contributed by atoms with Crippen LogP contribution in [0.15, 0.2) is 10.7 Å². The van der Waals surface area contributed by atoms with Crippen molar-refractivity contribution >= 4 is 33.5 Å². The number of halogens is 4. The van der Waals surface area contributed by atoms with E-state index in [1.807, 2.05) is 0 Å². The van der Waals surface area contributed by atoms with E-state index in [1.54, 1.807) is 6.92 Å². The third-order valence-corrected chi connectivity index (χ3v) is 2.83. The van der Waals surface area contributed by atoms with Crippen LogP contribution in [0, 0.1) is 0 Å². The Morgan fingerprint density at radius 1 is 1.65 bits per heavy atom. The maximum absolute atomic E-state index is 12.9. The van der Waals surface area contributed by atoms with Crippen LogP contribution in [0.1, 0.15) is 35.0 Å². The molecule has 0 radical (unpaired) electrons.